The van der Waals surface area contributed by atoms with Gasteiger partial charge in [-0.15, -0.1) is 11.6 Å². The molecule has 0 unspecified atom stereocenters. The second kappa shape index (κ2) is 9.11. The van der Waals surface area contributed by atoms with Crippen LogP contribution in [-0.2, 0) is 12.5 Å². The van der Waals surface area contributed by atoms with Crippen molar-refractivity contribution in [3.63, 3.8) is 0 Å². The fraction of sp³-hybridized carbons (Fsp3) is 0.250. The highest BCUT2D eigenvalue weighted by atomic mass is 35.5. The molecule has 3 rings (SSSR count). The normalized spacial score (nSPS) is 10.9. The van der Waals surface area contributed by atoms with Gasteiger partial charge in [-0.05, 0) is 46.4 Å². The van der Waals surface area contributed by atoms with Gasteiger partial charge in [0.2, 0.25) is 0 Å². The van der Waals surface area contributed by atoms with E-state index in [2.05, 4.69) is 13.8 Å². The average Bonchev–Trinajstić information content (AvgIpc) is 2.72. The van der Waals surface area contributed by atoms with Crippen molar-refractivity contribution in [2.24, 2.45) is 0 Å². The van der Waals surface area contributed by atoms with Gasteiger partial charge in [-0.25, -0.2) is 4.39 Å². The lowest BCUT2D eigenvalue weighted by Crippen LogP contribution is -2.05. The smallest absolute Gasteiger partial charge is 0.169 e. The Bertz CT molecular complexity index is 922. The Hall–Kier alpha value is -2.52. The molecule has 0 fully saturated rings. The van der Waals surface area contributed by atoms with Crippen molar-refractivity contribution in [1.29, 1.82) is 0 Å². The van der Waals surface area contributed by atoms with Crippen LogP contribution in [0, 0.1) is 5.82 Å². The summed E-state index contributed by atoms with van der Waals surface area (Å²) in [5.41, 5.74) is 4.83. The zero-order chi connectivity index (χ0) is 20.1. The first-order chi connectivity index (χ1) is 13.5. The molecule has 0 amide bonds. The maximum atomic E-state index is 13.5. The maximum absolute atomic E-state index is 13.5. The summed E-state index contributed by atoms with van der Waals surface area (Å²) in [5, 5.41) is 0. The van der Waals surface area contributed by atoms with Gasteiger partial charge >= 0.3 is 0 Å². The van der Waals surface area contributed by atoms with Crippen molar-refractivity contribution in [1.82, 2.24) is 0 Å². The molecule has 0 aromatic heterocycles. The lowest BCUT2D eigenvalue weighted by atomic mass is 9.89. The fourth-order valence-electron chi connectivity index (χ4n) is 3.30. The standard InChI is InChI=1S/C24H24ClFO2/c1-16(2)20-13-22(27-3)24(28-15-17-7-5-4-6-8-17)23(21(20)14-25)18-9-11-19(26)12-10-18/h4-13,16H,14-15H2,1-3H3. The molecule has 0 spiro atoms. The lowest BCUT2D eigenvalue weighted by molar-refractivity contribution is 0.285. The molecule has 2 nitrogen and oxygen atoms in total. The number of benzene rings is 3. The lowest BCUT2D eigenvalue weighted by Gasteiger charge is -2.23. The van der Waals surface area contributed by atoms with Crippen molar-refractivity contribution in [2.75, 3.05) is 7.11 Å². The Morgan fingerprint density at radius 1 is 1.00 bits per heavy atom. The fourth-order valence-corrected chi connectivity index (χ4v) is 3.59. The van der Waals surface area contributed by atoms with E-state index in [4.69, 9.17) is 21.1 Å². The van der Waals surface area contributed by atoms with Gasteiger partial charge in [0.05, 0.1) is 7.11 Å². The Morgan fingerprint density at radius 3 is 2.25 bits per heavy atom. The van der Waals surface area contributed by atoms with Crippen LogP contribution in [0.25, 0.3) is 11.1 Å². The van der Waals surface area contributed by atoms with Gasteiger partial charge in [0.15, 0.2) is 11.5 Å². The van der Waals surface area contributed by atoms with Gasteiger partial charge < -0.3 is 9.47 Å². The summed E-state index contributed by atoms with van der Waals surface area (Å²) in [6.45, 7) is 4.63. The molecule has 0 saturated heterocycles. The Balaban J connectivity index is 2.18. The molecule has 28 heavy (non-hydrogen) atoms. The molecule has 0 aliphatic carbocycles. The highest BCUT2D eigenvalue weighted by molar-refractivity contribution is 6.17. The predicted molar refractivity (Wildman–Crippen MR) is 113 cm³/mol. The molecule has 0 heterocycles. The summed E-state index contributed by atoms with van der Waals surface area (Å²) in [7, 11) is 1.63. The minimum absolute atomic E-state index is 0.255. The third-order valence-electron chi connectivity index (χ3n) is 4.72. The van der Waals surface area contributed by atoms with E-state index in [9.17, 15) is 4.39 Å². The van der Waals surface area contributed by atoms with Crippen LogP contribution >= 0.6 is 11.6 Å². The average molecular weight is 399 g/mol. The summed E-state index contributed by atoms with van der Waals surface area (Å²) >= 11 is 6.38. The zero-order valence-corrected chi connectivity index (χ0v) is 17.1. The van der Waals surface area contributed by atoms with Crippen LogP contribution in [0.3, 0.4) is 0 Å². The highest BCUT2D eigenvalue weighted by Crippen LogP contribution is 2.45. The van der Waals surface area contributed by atoms with E-state index >= 15 is 0 Å². The van der Waals surface area contributed by atoms with Gasteiger partial charge in [-0.2, -0.15) is 0 Å². The van der Waals surface area contributed by atoms with Crippen molar-refractivity contribution in [3.05, 3.63) is 83.2 Å². The van der Waals surface area contributed by atoms with Crippen LogP contribution < -0.4 is 9.47 Å². The van der Waals surface area contributed by atoms with E-state index < -0.39 is 0 Å². The summed E-state index contributed by atoms with van der Waals surface area (Å²) in [4.78, 5) is 0. The molecule has 0 aliphatic heterocycles. The van der Waals surface area contributed by atoms with Gasteiger partial charge in [0.25, 0.3) is 0 Å². The first kappa shape index (κ1) is 20.2. The molecule has 0 bridgehead atoms. The number of halogens is 2. The van der Waals surface area contributed by atoms with Crippen LogP contribution in [0.1, 0.15) is 36.5 Å². The van der Waals surface area contributed by atoms with Crippen LogP contribution in [0.4, 0.5) is 4.39 Å². The summed E-state index contributed by atoms with van der Waals surface area (Å²) in [6, 6.07) is 18.3. The first-order valence-electron chi connectivity index (χ1n) is 9.27. The molecule has 0 radical (unpaired) electrons. The van der Waals surface area contributed by atoms with Crippen LogP contribution in [-0.4, -0.2) is 7.11 Å². The van der Waals surface area contributed by atoms with Gasteiger partial charge in [0.1, 0.15) is 12.4 Å². The highest BCUT2D eigenvalue weighted by Gasteiger charge is 2.22. The molecule has 4 heteroatoms. The minimum Gasteiger partial charge on any atom is -0.493 e. The summed E-state index contributed by atoms with van der Waals surface area (Å²) < 4.78 is 25.4. The zero-order valence-electron chi connectivity index (χ0n) is 16.3. The molecule has 3 aromatic carbocycles. The van der Waals surface area contributed by atoms with Gasteiger partial charge in [-0.1, -0.05) is 56.3 Å². The van der Waals surface area contributed by atoms with E-state index in [1.165, 1.54) is 12.1 Å². The molecule has 0 saturated carbocycles. The van der Waals surface area contributed by atoms with Crippen molar-refractivity contribution in [3.8, 4) is 22.6 Å². The third kappa shape index (κ3) is 4.31. The van der Waals surface area contributed by atoms with Gasteiger partial charge in [0, 0.05) is 11.4 Å². The van der Waals surface area contributed by atoms with Gasteiger partial charge in [-0.3, -0.25) is 0 Å². The molecule has 0 atom stereocenters. The number of methoxy groups -OCH3 is 1. The Labute approximate surface area is 170 Å². The van der Waals surface area contributed by atoms with E-state index in [1.54, 1.807) is 19.2 Å². The molecular weight excluding hydrogens is 375 g/mol. The Kier molecular flexibility index (Phi) is 6.58. The van der Waals surface area contributed by atoms with Crippen LogP contribution in [0.5, 0.6) is 11.5 Å². The maximum Gasteiger partial charge on any atom is 0.169 e. The molecule has 0 N–H and O–H groups in total. The largest absolute Gasteiger partial charge is 0.493 e. The minimum atomic E-state index is -0.282. The number of rotatable bonds is 7. The SMILES string of the molecule is COc1cc(C(C)C)c(CCl)c(-c2ccc(F)cc2)c1OCc1ccccc1. The van der Waals surface area contributed by atoms with Crippen molar-refractivity contribution >= 4 is 11.6 Å². The third-order valence-corrected chi connectivity index (χ3v) is 4.99. The number of hydrogen-bond donors (Lipinski definition) is 0. The van der Waals surface area contributed by atoms with Crippen LogP contribution in [0.2, 0.25) is 0 Å². The second-order valence-electron chi connectivity index (χ2n) is 6.92. The van der Waals surface area contributed by atoms with E-state index in [1.807, 2.05) is 36.4 Å². The summed E-state index contributed by atoms with van der Waals surface area (Å²) in [5.74, 6) is 1.57. The number of hydrogen-bond acceptors (Lipinski definition) is 2. The quantitative estimate of drug-likeness (QED) is 0.401. The predicted octanol–water partition coefficient (Wildman–Crippen LogP) is 6.94. The second-order valence-corrected chi connectivity index (χ2v) is 7.19. The Morgan fingerprint density at radius 2 is 1.68 bits per heavy atom. The summed E-state index contributed by atoms with van der Waals surface area (Å²) in [6.07, 6.45) is 0. The molecular formula is C24H24ClFO2. The topological polar surface area (TPSA) is 18.5 Å². The molecule has 0 aliphatic rings. The first-order valence-corrected chi connectivity index (χ1v) is 9.81. The van der Waals surface area contributed by atoms with E-state index in [0.717, 1.165) is 27.8 Å². The number of alkyl halides is 1. The monoisotopic (exact) mass is 398 g/mol. The van der Waals surface area contributed by atoms with Crippen molar-refractivity contribution in [2.45, 2.75) is 32.3 Å². The molecule has 3 aromatic rings. The van der Waals surface area contributed by atoms with E-state index in [-0.39, 0.29) is 11.7 Å². The number of ether oxygens (including phenoxy) is 2. The molecule has 146 valence electrons. The van der Waals surface area contributed by atoms with Crippen molar-refractivity contribution < 1.29 is 13.9 Å². The van der Waals surface area contributed by atoms with E-state index in [0.29, 0.717) is 24.0 Å². The van der Waals surface area contributed by atoms with Crippen LogP contribution in [0.15, 0.2) is 60.7 Å².